The molecule has 1 aromatic rings. The van der Waals surface area contributed by atoms with Gasteiger partial charge in [-0.1, -0.05) is 20.4 Å². The van der Waals surface area contributed by atoms with E-state index in [2.05, 4.69) is 6.58 Å². The summed E-state index contributed by atoms with van der Waals surface area (Å²) in [6.07, 6.45) is 2.93. The monoisotopic (exact) mass is 164 g/mol. The van der Waals surface area contributed by atoms with Gasteiger partial charge < -0.3 is 4.42 Å². The molecule has 12 heavy (non-hydrogen) atoms. The first-order chi connectivity index (χ1) is 5.63. The minimum Gasteiger partial charge on any atom is -0.472 e. The lowest BCUT2D eigenvalue weighted by atomic mass is 9.98. The Hall–Kier alpha value is -1.31. The summed E-state index contributed by atoms with van der Waals surface area (Å²) >= 11 is 0. The van der Waals surface area contributed by atoms with Crippen LogP contribution >= 0.6 is 0 Å². The summed E-state index contributed by atoms with van der Waals surface area (Å²) in [7, 11) is 0. The maximum atomic E-state index is 11.5. The lowest BCUT2D eigenvalue weighted by molar-refractivity contribution is 0.102. The number of carbonyl (C=O) groups is 1. The number of rotatable bonds is 3. The molecule has 0 aromatic carbocycles. The van der Waals surface area contributed by atoms with Crippen LogP contribution < -0.4 is 0 Å². The predicted octanol–water partition coefficient (Wildman–Crippen LogP) is 2.67. The largest absolute Gasteiger partial charge is 0.472 e. The van der Waals surface area contributed by atoms with Crippen molar-refractivity contribution < 1.29 is 9.21 Å². The van der Waals surface area contributed by atoms with E-state index in [0.717, 1.165) is 0 Å². The number of hydrogen-bond donors (Lipinski definition) is 0. The highest BCUT2D eigenvalue weighted by Gasteiger charge is 2.13. The van der Waals surface area contributed by atoms with Crippen LogP contribution in [0.4, 0.5) is 0 Å². The first-order valence-electron chi connectivity index (χ1n) is 3.88. The van der Waals surface area contributed by atoms with Crippen LogP contribution in [-0.2, 0) is 0 Å². The highest BCUT2D eigenvalue weighted by Crippen LogP contribution is 2.14. The van der Waals surface area contributed by atoms with Crippen molar-refractivity contribution in [3.05, 3.63) is 36.3 Å². The van der Waals surface area contributed by atoms with Gasteiger partial charge in [-0.15, -0.1) is 0 Å². The minimum absolute atomic E-state index is 0.0289. The molecule has 0 fully saturated rings. The molecule has 0 saturated heterocycles. The van der Waals surface area contributed by atoms with Crippen LogP contribution in [0.25, 0.3) is 0 Å². The number of allylic oxidation sites excluding steroid dienone is 1. The van der Waals surface area contributed by atoms with E-state index in [0.29, 0.717) is 11.1 Å². The Morgan fingerprint density at radius 1 is 1.58 bits per heavy atom. The first-order valence-corrected chi connectivity index (χ1v) is 3.88. The van der Waals surface area contributed by atoms with E-state index in [9.17, 15) is 4.79 Å². The molecule has 0 aliphatic heterocycles. The van der Waals surface area contributed by atoms with Gasteiger partial charge in [-0.05, 0) is 17.6 Å². The molecule has 0 aliphatic carbocycles. The molecule has 0 aliphatic rings. The molecule has 0 spiro atoms. The van der Waals surface area contributed by atoms with E-state index in [1.54, 1.807) is 6.07 Å². The summed E-state index contributed by atoms with van der Waals surface area (Å²) in [6.45, 7) is 7.61. The zero-order chi connectivity index (χ0) is 9.14. The second-order valence-electron chi connectivity index (χ2n) is 3.02. The lowest BCUT2D eigenvalue weighted by Crippen LogP contribution is -2.06. The van der Waals surface area contributed by atoms with Crippen molar-refractivity contribution in [2.75, 3.05) is 0 Å². The van der Waals surface area contributed by atoms with Crippen molar-refractivity contribution in [2.24, 2.45) is 5.92 Å². The van der Waals surface area contributed by atoms with Gasteiger partial charge in [0.15, 0.2) is 5.78 Å². The van der Waals surface area contributed by atoms with Crippen molar-refractivity contribution in [2.45, 2.75) is 13.8 Å². The van der Waals surface area contributed by atoms with Crippen molar-refractivity contribution >= 4 is 5.78 Å². The SMILES string of the molecule is C=C(C(=O)c1ccoc1)C(C)C. The zero-order valence-corrected chi connectivity index (χ0v) is 7.33. The number of ketones is 1. The van der Waals surface area contributed by atoms with Gasteiger partial charge in [0.2, 0.25) is 0 Å². The molecule has 0 saturated carbocycles. The van der Waals surface area contributed by atoms with Crippen LogP contribution in [0.5, 0.6) is 0 Å². The van der Waals surface area contributed by atoms with Crippen LogP contribution in [0.1, 0.15) is 24.2 Å². The molecule has 0 N–H and O–H groups in total. The maximum Gasteiger partial charge on any atom is 0.191 e. The van der Waals surface area contributed by atoms with Crippen molar-refractivity contribution in [3.8, 4) is 0 Å². The van der Waals surface area contributed by atoms with Crippen LogP contribution in [0, 0.1) is 5.92 Å². The minimum atomic E-state index is -0.0289. The van der Waals surface area contributed by atoms with Crippen LogP contribution in [-0.4, -0.2) is 5.78 Å². The Morgan fingerprint density at radius 2 is 2.25 bits per heavy atom. The second kappa shape index (κ2) is 3.39. The fourth-order valence-corrected chi connectivity index (χ4v) is 0.841. The predicted molar refractivity (Wildman–Crippen MR) is 47.0 cm³/mol. The topological polar surface area (TPSA) is 30.2 Å². The second-order valence-corrected chi connectivity index (χ2v) is 3.02. The molecule has 0 radical (unpaired) electrons. The van der Waals surface area contributed by atoms with Crippen molar-refractivity contribution in [3.63, 3.8) is 0 Å². The molecule has 0 bridgehead atoms. The lowest BCUT2D eigenvalue weighted by Gasteiger charge is -2.05. The Balaban J connectivity index is 2.80. The van der Waals surface area contributed by atoms with Crippen LogP contribution in [0.2, 0.25) is 0 Å². The van der Waals surface area contributed by atoms with Gasteiger partial charge in [-0.3, -0.25) is 4.79 Å². The standard InChI is InChI=1S/C10H12O2/c1-7(2)8(3)10(11)9-4-5-12-6-9/h4-7H,3H2,1-2H3. The maximum absolute atomic E-state index is 11.5. The van der Waals surface area contributed by atoms with Gasteiger partial charge in [-0.25, -0.2) is 0 Å². The fraction of sp³-hybridized carbons (Fsp3) is 0.300. The van der Waals surface area contributed by atoms with Gasteiger partial charge in [0.05, 0.1) is 11.8 Å². The third-order valence-electron chi connectivity index (χ3n) is 1.77. The molecular formula is C10H12O2. The van der Waals surface area contributed by atoms with Crippen LogP contribution in [0.15, 0.2) is 35.2 Å². The Bertz CT molecular complexity index is 281. The van der Waals surface area contributed by atoms with E-state index in [1.807, 2.05) is 13.8 Å². The van der Waals surface area contributed by atoms with Crippen molar-refractivity contribution in [1.29, 1.82) is 0 Å². The van der Waals surface area contributed by atoms with Crippen LogP contribution in [0.3, 0.4) is 0 Å². The highest BCUT2D eigenvalue weighted by atomic mass is 16.3. The average Bonchev–Trinajstić information content (AvgIpc) is 2.53. The summed E-state index contributed by atoms with van der Waals surface area (Å²) in [5, 5.41) is 0. The number of hydrogen-bond acceptors (Lipinski definition) is 2. The third-order valence-corrected chi connectivity index (χ3v) is 1.77. The summed E-state index contributed by atoms with van der Waals surface area (Å²) in [5.41, 5.74) is 1.20. The fourth-order valence-electron chi connectivity index (χ4n) is 0.841. The summed E-state index contributed by atoms with van der Waals surface area (Å²) in [4.78, 5) is 11.5. The Morgan fingerprint density at radius 3 is 2.67 bits per heavy atom. The molecular weight excluding hydrogens is 152 g/mol. The molecule has 0 atom stereocenters. The molecule has 1 rings (SSSR count). The van der Waals surface area contributed by atoms with Gasteiger partial charge in [0.1, 0.15) is 6.26 Å². The molecule has 2 nitrogen and oxygen atoms in total. The van der Waals surface area contributed by atoms with E-state index in [-0.39, 0.29) is 11.7 Å². The summed E-state index contributed by atoms with van der Waals surface area (Å²) in [5.74, 6) is 0.158. The first kappa shape index (κ1) is 8.78. The normalized spacial score (nSPS) is 10.2. The Kier molecular flexibility index (Phi) is 2.48. The van der Waals surface area contributed by atoms with Gasteiger partial charge in [-0.2, -0.15) is 0 Å². The molecule has 1 heterocycles. The quantitative estimate of drug-likeness (QED) is 0.508. The highest BCUT2D eigenvalue weighted by molar-refractivity contribution is 6.08. The van der Waals surface area contributed by atoms with E-state index in [4.69, 9.17) is 4.42 Å². The Labute approximate surface area is 71.9 Å². The van der Waals surface area contributed by atoms with Gasteiger partial charge >= 0.3 is 0 Å². The molecule has 64 valence electrons. The van der Waals surface area contributed by atoms with E-state index in [1.165, 1.54) is 12.5 Å². The van der Waals surface area contributed by atoms with E-state index < -0.39 is 0 Å². The summed E-state index contributed by atoms with van der Waals surface area (Å²) in [6, 6.07) is 1.65. The van der Waals surface area contributed by atoms with Crippen molar-refractivity contribution in [1.82, 2.24) is 0 Å². The molecule has 2 heteroatoms. The smallest absolute Gasteiger partial charge is 0.191 e. The molecule has 0 amide bonds. The number of Topliss-reactive ketones (excluding diaryl/α,β-unsaturated/α-hetero) is 1. The number of furan rings is 1. The molecule has 0 unspecified atom stereocenters. The van der Waals surface area contributed by atoms with E-state index >= 15 is 0 Å². The van der Waals surface area contributed by atoms with Gasteiger partial charge in [0, 0.05) is 0 Å². The third kappa shape index (κ3) is 1.64. The molecule has 1 aromatic heterocycles. The zero-order valence-electron chi connectivity index (χ0n) is 7.33. The van der Waals surface area contributed by atoms with Gasteiger partial charge in [0.25, 0.3) is 0 Å². The number of carbonyl (C=O) groups excluding carboxylic acids is 1. The summed E-state index contributed by atoms with van der Waals surface area (Å²) < 4.78 is 4.80. The average molecular weight is 164 g/mol.